The van der Waals surface area contributed by atoms with E-state index >= 15 is 0 Å². The first kappa shape index (κ1) is 31.5. The molecule has 0 aromatic rings. The lowest BCUT2D eigenvalue weighted by Gasteiger charge is -2.68. The number of rotatable bonds is 6. The lowest BCUT2D eigenvalue weighted by atomic mass is 9.37. The molecule has 4 heteroatoms. The molecule has 0 amide bonds. The highest BCUT2D eigenvalue weighted by Crippen LogP contribution is 2.72. The van der Waals surface area contributed by atoms with Crippen LogP contribution in [0.2, 0.25) is 0 Å². The smallest absolute Gasteiger partial charge is 0.306 e. The van der Waals surface area contributed by atoms with Gasteiger partial charge in [-0.25, -0.2) is 0 Å². The molecule has 0 spiro atoms. The highest BCUT2D eigenvalue weighted by Gasteiger charge is 2.65. The van der Waals surface area contributed by atoms with Crippen molar-refractivity contribution in [2.24, 2.45) is 51.8 Å². The van der Waals surface area contributed by atoms with Gasteiger partial charge in [0.05, 0.1) is 11.5 Å². The second-order valence-electron chi connectivity index (χ2n) is 18.2. The van der Waals surface area contributed by atoms with Crippen LogP contribution in [0.1, 0.15) is 150 Å². The summed E-state index contributed by atoms with van der Waals surface area (Å²) >= 11 is 0. The minimum atomic E-state index is -0.627. The summed E-state index contributed by atoms with van der Waals surface area (Å²) in [6.07, 6.45) is 27.6. The number of nitrogens with one attached hydrogen (secondary N) is 1. The lowest BCUT2D eigenvalue weighted by molar-refractivity contribution is -0.175. The Labute approximate surface area is 268 Å². The first-order valence-corrected chi connectivity index (χ1v) is 19.0. The SMILES string of the molecule is CC1(C)C(C2=CCC(C(=O)O)CC2)=CCC2(C)C1CCC1(C)C3CCC4(NCCC5(O)CCCCC5)CCC[C@@H]4C3CCC12. The van der Waals surface area contributed by atoms with E-state index in [9.17, 15) is 15.0 Å². The molecule has 0 aliphatic heterocycles. The number of hydrogen-bond acceptors (Lipinski definition) is 3. The van der Waals surface area contributed by atoms with Gasteiger partial charge in [-0.05, 0) is 160 Å². The molecule has 7 aliphatic carbocycles. The van der Waals surface area contributed by atoms with Gasteiger partial charge in [0.1, 0.15) is 0 Å². The molecule has 5 saturated carbocycles. The number of hydrogen-bond donors (Lipinski definition) is 3. The molecule has 9 atom stereocenters. The molecular weight excluding hydrogens is 542 g/mol. The summed E-state index contributed by atoms with van der Waals surface area (Å²) in [5, 5.41) is 24.9. The van der Waals surface area contributed by atoms with Crippen LogP contribution in [0.25, 0.3) is 0 Å². The Morgan fingerprint density at radius 3 is 2.34 bits per heavy atom. The molecule has 0 saturated heterocycles. The third-order valence-electron chi connectivity index (χ3n) is 16.0. The number of carboxylic acids is 1. The number of aliphatic hydroxyl groups is 1. The van der Waals surface area contributed by atoms with Crippen LogP contribution in [0.4, 0.5) is 0 Å². The first-order valence-electron chi connectivity index (χ1n) is 19.0. The van der Waals surface area contributed by atoms with Gasteiger partial charge < -0.3 is 15.5 Å². The zero-order valence-corrected chi connectivity index (χ0v) is 28.6. The summed E-state index contributed by atoms with van der Waals surface area (Å²) in [5.74, 6) is 3.23. The fourth-order valence-corrected chi connectivity index (χ4v) is 14.0. The molecule has 246 valence electrons. The van der Waals surface area contributed by atoms with E-state index in [2.05, 4.69) is 45.2 Å². The Balaban J connectivity index is 1.08. The standard InChI is InChI=1S/C40H63NO3/c1-36(2)30(27-10-12-28(13-11-27)35(42)43)16-22-38(4)33(36)18-23-37(3)31-17-24-40(41-26-25-39(44)19-6-5-7-20-39)21-8-9-32(40)29(31)14-15-34(37)38/h10,16,28-29,31-34,41,44H,5-9,11-15,17-26H2,1-4H3,(H,42,43)/t28?,29?,31?,32-,33?,34?,37?,38?,40?/m1/s1. The van der Waals surface area contributed by atoms with Crippen LogP contribution in [-0.2, 0) is 4.79 Å². The molecule has 0 radical (unpaired) electrons. The molecule has 7 aliphatic rings. The van der Waals surface area contributed by atoms with Crippen LogP contribution in [0.15, 0.2) is 23.3 Å². The monoisotopic (exact) mass is 605 g/mol. The Morgan fingerprint density at radius 1 is 0.818 bits per heavy atom. The largest absolute Gasteiger partial charge is 0.481 e. The van der Waals surface area contributed by atoms with Crippen molar-refractivity contribution >= 4 is 5.97 Å². The molecule has 3 N–H and O–H groups in total. The van der Waals surface area contributed by atoms with Crippen molar-refractivity contribution < 1.29 is 15.0 Å². The number of allylic oxidation sites excluding steroid dienone is 4. The Kier molecular flexibility index (Phi) is 8.04. The van der Waals surface area contributed by atoms with Gasteiger partial charge in [0.2, 0.25) is 0 Å². The van der Waals surface area contributed by atoms with Gasteiger partial charge in [0, 0.05) is 5.54 Å². The third kappa shape index (κ3) is 4.92. The van der Waals surface area contributed by atoms with Crippen LogP contribution >= 0.6 is 0 Å². The molecule has 0 heterocycles. The van der Waals surface area contributed by atoms with Gasteiger partial charge in [-0.3, -0.25) is 4.79 Å². The summed E-state index contributed by atoms with van der Waals surface area (Å²) in [7, 11) is 0. The van der Waals surface area contributed by atoms with Crippen LogP contribution in [0.3, 0.4) is 0 Å². The van der Waals surface area contributed by atoms with Crippen LogP contribution < -0.4 is 5.32 Å². The van der Waals surface area contributed by atoms with Gasteiger partial charge in [-0.1, -0.05) is 65.5 Å². The fourth-order valence-electron chi connectivity index (χ4n) is 14.0. The quantitative estimate of drug-likeness (QED) is 0.282. The zero-order valence-electron chi connectivity index (χ0n) is 28.6. The molecule has 8 unspecified atom stereocenters. The van der Waals surface area contributed by atoms with E-state index in [-0.39, 0.29) is 11.3 Å². The minimum absolute atomic E-state index is 0.145. The predicted octanol–water partition coefficient (Wildman–Crippen LogP) is 9.23. The van der Waals surface area contributed by atoms with Crippen LogP contribution in [-0.4, -0.2) is 33.9 Å². The summed E-state index contributed by atoms with van der Waals surface area (Å²) in [5.41, 5.74) is 3.87. The summed E-state index contributed by atoms with van der Waals surface area (Å²) in [6, 6.07) is 0. The van der Waals surface area contributed by atoms with E-state index in [1.54, 1.807) is 5.57 Å². The Hall–Kier alpha value is -1.13. The molecule has 7 rings (SSSR count). The summed E-state index contributed by atoms with van der Waals surface area (Å²) in [4.78, 5) is 11.6. The van der Waals surface area contributed by atoms with Crippen molar-refractivity contribution in [2.75, 3.05) is 6.54 Å². The third-order valence-corrected chi connectivity index (χ3v) is 16.0. The van der Waals surface area contributed by atoms with Crippen molar-refractivity contribution in [1.29, 1.82) is 0 Å². The van der Waals surface area contributed by atoms with Gasteiger partial charge in [0.25, 0.3) is 0 Å². The maximum absolute atomic E-state index is 11.6. The van der Waals surface area contributed by atoms with E-state index < -0.39 is 11.6 Å². The maximum Gasteiger partial charge on any atom is 0.306 e. The first-order chi connectivity index (χ1) is 20.9. The molecule has 0 bridgehead atoms. The number of aliphatic carboxylic acids is 1. The minimum Gasteiger partial charge on any atom is -0.481 e. The molecule has 4 nitrogen and oxygen atoms in total. The molecular formula is C40H63NO3. The number of carbonyl (C=O) groups is 1. The normalized spacial score (nSPS) is 46.0. The fraction of sp³-hybridized carbons (Fsp3) is 0.875. The van der Waals surface area contributed by atoms with Gasteiger partial charge in [-0.15, -0.1) is 0 Å². The van der Waals surface area contributed by atoms with E-state index in [0.717, 1.165) is 62.3 Å². The van der Waals surface area contributed by atoms with Crippen LogP contribution in [0, 0.1) is 51.8 Å². The predicted molar refractivity (Wildman–Crippen MR) is 178 cm³/mol. The summed E-state index contributed by atoms with van der Waals surface area (Å²) in [6.45, 7) is 11.5. The van der Waals surface area contributed by atoms with E-state index in [1.165, 1.54) is 89.0 Å². The molecule has 44 heavy (non-hydrogen) atoms. The number of fused-ring (bicyclic) bond motifs is 7. The van der Waals surface area contributed by atoms with Crippen LogP contribution in [0.5, 0.6) is 0 Å². The average Bonchev–Trinajstić information content (AvgIpc) is 3.41. The van der Waals surface area contributed by atoms with E-state index in [1.807, 2.05) is 0 Å². The van der Waals surface area contributed by atoms with E-state index in [4.69, 9.17) is 0 Å². The molecule has 0 aromatic heterocycles. The van der Waals surface area contributed by atoms with Gasteiger partial charge in [-0.2, -0.15) is 0 Å². The topological polar surface area (TPSA) is 69.6 Å². The highest BCUT2D eigenvalue weighted by atomic mass is 16.4. The maximum atomic E-state index is 11.6. The molecule has 0 aromatic carbocycles. The average molecular weight is 606 g/mol. The van der Waals surface area contributed by atoms with Crippen molar-refractivity contribution in [3.8, 4) is 0 Å². The van der Waals surface area contributed by atoms with Crippen molar-refractivity contribution in [2.45, 2.75) is 161 Å². The Morgan fingerprint density at radius 2 is 1.61 bits per heavy atom. The highest BCUT2D eigenvalue weighted by molar-refractivity contribution is 5.70. The number of carboxylic acid groups (broad SMARTS) is 1. The lowest BCUT2D eigenvalue weighted by Crippen LogP contribution is -2.63. The van der Waals surface area contributed by atoms with Gasteiger partial charge >= 0.3 is 5.97 Å². The van der Waals surface area contributed by atoms with Crippen molar-refractivity contribution in [1.82, 2.24) is 5.32 Å². The van der Waals surface area contributed by atoms with Crippen molar-refractivity contribution in [3.05, 3.63) is 23.3 Å². The Bertz CT molecular complexity index is 1180. The second-order valence-corrected chi connectivity index (χ2v) is 18.2. The van der Waals surface area contributed by atoms with Gasteiger partial charge in [0.15, 0.2) is 0 Å². The summed E-state index contributed by atoms with van der Waals surface area (Å²) < 4.78 is 0. The zero-order chi connectivity index (χ0) is 31.0. The van der Waals surface area contributed by atoms with Crippen molar-refractivity contribution in [3.63, 3.8) is 0 Å². The molecule has 5 fully saturated rings. The van der Waals surface area contributed by atoms with E-state index in [0.29, 0.717) is 28.7 Å². The second kappa shape index (κ2) is 11.2.